The highest BCUT2D eigenvalue weighted by Gasteiger charge is 2.46. The second kappa shape index (κ2) is 31.3. The number of rotatable bonds is 37. The first-order valence-electron chi connectivity index (χ1n) is 23.3. The zero-order chi connectivity index (χ0) is 46.8. The fraction of sp³-hybridized carbons (Fsp3) is 1.00. The van der Waals surface area contributed by atoms with E-state index in [1.165, 1.54) is 0 Å². The molecular formula is C40H100O12Si8. The molecule has 3 atom stereocenters. The molecule has 0 fully saturated rings. The molecule has 0 aromatic carbocycles. The first kappa shape index (κ1) is 63.3. The third-order valence-corrected chi connectivity index (χ3v) is 39.1. The van der Waals surface area contributed by atoms with Crippen LogP contribution in [0.5, 0.6) is 0 Å². The van der Waals surface area contributed by atoms with Gasteiger partial charge in [-0.25, -0.2) is 0 Å². The van der Waals surface area contributed by atoms with Crippen molar-refractivity contribution < 1.29 is 55.0 Å². The zero-order valence-corrected chi connectivity index (χ0v) is 49.9. The first-order chi connectivity index (χ1) is 27.4. The topological polar surface area (TPSA) is 166 Å². The van der Waals surface area contributed by atoms with E-state index in [4.69, 9.17) is 49.9 Å². The standard InChI is InChI=1S/C25H60O6Si4.C15H40O6Si4/c1-32(2,23-17-11-8-14-20-26)29-34(5,6)31-35(7,25-19-13-10-16-22-28)30-33(3,4)24-18-12-9-15-21-27;1-22(2,3)19-24(7,8)21-25(9,20-23(4,5)6)12-10-11-18-14-15(17)13-16/h26-28H,8-25H2,1-7H3;15-17H,10-14H2,1-9H3. The van der Waals surface area contributed by atoms with Crippen LogP contribution in [0.3, 0.4) is 0 Å². The van der Waals surface area contributed by atoms with Gasteiger partial charge in [0, 0.05) is 26.4 Å². The highest BCUT2D eigenvalue weighted by molar-refractivity contribution is 6.90. The molecule has 0 aromatic rings. The molecule has 0 aromatic heterocycles. The lowest BCUT2D eigenvalue weighted by molar-refractivity contribution is 0.00624. The Morgan fingerprint density at radius 1 is 0.367 bits per heavy atom. The number of unbranched alkanes of at least 4 members (excludes halogenated alkanes) is 9. The normalized spacial score (nSPS) is 15.9. The summed E-state index contributed by atoms with van der Waals surface area (Å²) >= 11 is 0. The molecule has 0 radical (unpaired) electrons. The van der Waals surface area contributed by atoms with Crippen LogP contribution >= 0.6 is 0 Å². The Balaban J connectivity index is 0. The average molecular weight is 998 g/mol. The van der Waals surface area contributed by atoms with E-state index in [2.05, 4.69) is 105 Å². The second-order valence-electron chi connectivity index (χ2n) is 21.1. The Bertz CT molecular complexity index is 1070. The van der Waals surface area contributed by atoms with Gasteiger partial charge in [-0.1, -0.05) is 57.8 Å². The Kier molecular flexibility index (Phi) is 33.0. The van der Waals surface area contributed by atoms with Crippen LogP contribution in [0.25, 0.3) is 0 Å². The summed E-state index contributed by atoms with van der Waals surface area (Å²) in [4.78, 5) is 0. The lowest BCUT2D eigenvalue weighted by Crippen LogP contribution is -2.57. The van der Waals surface area contributed by atoms with Crippen LogP contribution in [0.15, 0.2) is 0 Å². The summed E-state index contributed by atoms with van der Waals surface area (Å²) in [5, 5.41) is 45.3. The summed E-state index contributed by atoms with van der Waals surface area (Å²) in [6.07, 6.45) is 12.7. The van der Waals surface area contributed by atoms with Gasteiger partial charge in [-0.3, -0.25) is 0 Å². The van der Waals surface area contributed by atoms with Crippen LogP contribution in [0.1, 0.15) is 83.5 Å². The highest BCUT2D eigenvalue weighted by Crippen LogP contribution is 2.32. The van der Waals surface area contributed by atoms with Crippen molar-refractivity contribution in [1.82, 2.24) is 0 Å². The molecule has 0 aliphatic carbocycles. The van der Waals surface area contributed by atoms with E-state index >= 15 is 0 Å². The zero-order valence-electron chi connectivity index (χ0n) is 41.9. The maximum atomic E-state index is 9.31. The predicted molar refractivity (Wildman–Crippen MR) is 271 cm³/mol. The first-order valence-corrected chi connectivity index (χ1v) is 47.0. The number of aliphatic hydroxyl groups is 5. The van der Waals surface area contributed by atoms with Crippen LogP contribution in [0.4, 0.5) is 0 Å². The fourth-order valence-electron chi connectivity index (χ4n) is 7.78. The molecule has 5 N–H and O–H groups in total. The third kappa shape index (κ3) is 38.5. The predicted octanol–water partition coefficient (Wildman–Crippen LogP) is 10.1. The van der Waals surface area contributed by atoms with Gasteiger partial charge in [0.15, 0.2) is 33.3 Å². The van der Waals surface area contributed by atoms with Gasteiger partial charge in [-0.2, -0.15) is 0 Å². The van der Waals surface area contributed by atoms with Gasteiger partial charge >= 0.3 is 34.2 Å². The highest BCUT2D eigenvalue weighted by atomic mass is 28.5. The van der Waals surface area contributed by atoms with Crippen molar-refractivity contribution in [3.8, 4) is 0 Å². The molecule has 0 rings (SSSR count). The number of ether oxygens (including phenoxy) is 1. The maximum Gasteiger partial charge on any atom is 0.315 e. The Morgan fingerprint density at radius 3 is 1.12 bits per heavy atom. The Morgan fingerprint density at radius 2 is 0.717 bits per heavy atom. The van der Waals surface area contributed by atoms with Crippen LogP contribution in [0.2, 0.25) is 129 Å². The molecule has 0 saturated carbocycles. The number of hydrogen-bond donors (Lipinski definition) is 5. The van der Waals surface area contributed by atoms with Gasteiger partial charge in [0.05, 0.1) is 13.2 Å². The van der Waals surface area contributed by atoms with Gasteiger partial charge in [0.2, 0.25) is 0 Å². The van der Waals surface area contributed by atoms with Crippen molar-refractivity contribution in [2.75, 3.05) is 39.6 Å². The molecule has 0 aliphatic rings. The van der Waals surface area contributed by atoms with Crippen LogP contribution < -0.4 is 0 Å². The van der Waals surface area contributed by atoms with Gasteiger partial charge in [-0.15, -0.1) is 0 Å². The maximum absolute atomic E-state index is 9.31. The molecule has 0 heterocycles. The van der Waals surface area contributed by atoms with Gasteiger partial charge in [-0.05, 0) is 155 Å². The summed E-state index contributed by atoms with van der Waals surface area (Å²) in [5.41, 5.74) is 0. The molecule has 0 bridgehead atoms. The molecule has 0 aliphatic heterocycles. The molecule has 0 saturated heterocycles. The molecule has 60 heavy (non-hydrogen) atoms. The van der Waals surface area contributed by atoms with Gasteiger partial charge in [0.25, 0.3) is 0 Å². The van der Waals surface area contributed by atoms with E-state index < -0.39 is 73.6 Å². The van der Waals surface area contributed by atoms with Crippen LogP contribution in [-0.2, 0) is 29.4 Å². The third-order valence-electron chi connectivity index (χ3n) is 9.37. The lowest BCUT2D eigenvalue weighted by Gasteiger charge is -2.43. The Hall–Kier alpha value is 1.26. The minimum atomic E-state index is -2.41. The van der Waals surface area contributed by atoms with Gasteiger partial charge < -0.3 is 55.0 Å². The van der Waals surface area contributed by atoms with Crippen molar-refractivity contribution in [2.45, 2.75) is 219 Å². The van der Waals surface area contributed by atoms with Crippen LogP contribution in [0, 0.1) is 0 Å². The fourth-order valence-corrected chi connectivity index (χ4v) is 45.7. The quantitative estimate of drug-likeness (QED) is 0.0296. The van der Waals surface area contributed by atoms with E-state index in [1.54, 1.807) is 0 Å². The largest absolute Gasteiger partial charge is 0.437 e. The van der Waals surface area contributed by atoms with E-state index in [0.29, 0.717) is 6.61 Å². The second-order valence-corrected chi connectivity index (χ2v) is 53.6. The molecule has 3 unspecified atom stereocenters. The molecule has 0 amide bonds. The van der Waals surface area contributed by atoms with E-state index in [9.17, 15) is 5.11 Å². The van der Waals surface area contributed by atoms with Crippen LogP contribution in [-0.4, -0.2) is 139 Å². The lowest BCUT2D eigenvalue weighted by atomic mass is 10.2. The van der Waals surface area contributed by atoms with Crippen molar-refractivity contribution in [3.63, 3.8) is 0 Å². The summed E-state index contributed by atoms with van der Waals surface area (Å²) < 4.78 is 45.7. The molecule has 20 heteroatoms. The van der Waals surface area contributed by atoms with E-state index in [1.807, 2.05) is 0 Å². The monoisotopic (exact) mass is 997 g/mol. The molecule has 12 nitrogen and oxygen atoms in total. The average Bonchev–Trinajstić information content (AvgIpc) is 3.04. The summed E-state index contributed by atoms with van der Waals surface area (Å²) in [6, 6.07) is 4.08. The summed E-state index contributed by atoms with van der Waals surface area (Å²) in [6.45, 7) is 36.7. The Labute approximate surface area is 378 Å². The number of hydrogen-bond acceptors (Lipinski definition) is 12. The minimum Gasteiger partial charge on any atom is -0.437 e. The smallest absolute Gasteiger partial charge is 0.315 e. The van der Waals surface area contributed by atoms with Gasteiger partial charge in [0.1, 0.15) is 6.10 Å². The van der Waals surface area contributed by atoms with Crippen molar-refractivity contribution in [3.05, 3.63) is 0 Å². The van der Waals surface area contributed by atoms with Crippen molar-refractivity contribution in [1.29, 1.82) is 0 Å². The van der Waals surface area contributed by atoms with E-state index in [-0.39, 0.29) is 33.0 Å². The van der Waals surface area contributed by atoms with Crippen molar-refractivity contribution >= 4 is 67.5 Å². The summed E-state index contributed by atoms with van der Waals surface area (Å²) in [7, 11) is -16.5. The molecule has 0 spiro atoms. The van der Waals surface area contributed by atoms with Crippen molar-refractivity contribution in [2.24, 2.45) is 0 Å². The SMILES string of the molecule is C[Si](C)(C)O[Si](C)(C)O[Si](C)(CCCOCC(O)CO)O[Si](C)(C)C.C[Si](C)(CCCCCCO)O[Si](C)(C)O[Si](C)(CCCCCCO)O[Si](C)(C)CCCCCCO. The minimum absolute atomic E-state index is 0.156. The summed E-state index contributed by atoms with van der Waals surface area (Å²) in [5.74, 6) is 0. The molecular weight excluding hydrogens is 897 g/mol. The number of aliphatic hydroxyl groups excluding tert-OH is 5. The molecule has 364 valence electrons. The van der Waals surface area contributed by atoms with E-state index in [0.717, 1.165) is 108 Å².